The van der Waals surface area contributed by atoms with Crippen molar-refractivity contribution in [2.75, 3.05) is 5.32 Å². The van der Waals surface area contributed by atoms with E-state index in [9.17, 15) is 4.79 Å². The SMILES string of the molecule is Cc1nc(C)c(C(=O)Nc2ccc(Cl)cn2)s1. The minimum atomic E-state index is -0.192. The quantitative estimate of drug-likeness (QED) is 0.910. The van der Waals surface area contributed by atoms with Crippen molar-refractivity contribution in [1.82, 2.24) is 9.97 Å². The van der Waals surface area contributed by atoms with Gasteiger partial charge in [0.05, 0.1) is 15.7 Å². The summed E-state index contributed by atoms with van der Waals surface area (Å²) in [6, 6.07) is 3.33. The highest BCUT2D eigenvalue weighted by Gasteiger charge is 2.14. The van der Waals surface area contributed by atoms with Gasteiger partial charge in [0.15, 0.2) is 0 Å². The zero-order valence-electron chi connectivity index (χ0n) is 9.32. The molecule has 0 spiro atoms. The van der Waals surface area contributed by atoms with Crippen LogP contribution < -0.4 is 5.32 Å². The van der Waals surface area contributed by atoms with Crippen LogP contribution in [0.2, 0.25) is 5.02 Å². The minimum absolute atomic E-state index is 0.192. The number of nitrogens with zero attached hydrogens (tertiary/aromatic N) is 2. The second kappa shape index (κ2) is 4.81. The van der Waals surface area contributed by atoms with E-state index in [1.165, 1.54) is 17.5 Å². The topological polar surface area (TPSA) is 54.9 Å². The second-order valence-electron chi connectivity index (χ2n) is 3.46. The van der Waals surface area contributed by atoms with Crippen molar-refractivity contribution in [3.8, 4) is 0 Å². The Morgan fingerprint density at radius 2 is 2.18 bits per heavy atom. The van der Waals surface area contributed by atoms with Crippen LogP contribution in [0.15, 0.2) is 18.3 Å². The Balaban J connectivity index is 2.17. The Kier molecular flexibility index (Phi) is 3.40. The zero-order chi connectivity index (χ0) is 12.4. The largest absolute Gasteiger partial charge is 0.306 e. The third kappa shape index (κ3) is 2.81. The number of aryl methyl sites for hydroxylation is 2. The number of nitrogens with one attached hydrogen (secondary N) is 1. The average molecular weight is 268 g/mol. The third-order valence-electron chi connectivity index (χ3n) is 2.08. The fraction of sp³-hybridized carbons (Fsp3) is 0.182. The molecule has 0 saturated heterocycles. The van der Waals surface area contributed by atoms with E-state index < -0.39 is 0 Å². The molecule has 6 heteroatoms. The molecule has 2 heterocycles. The first-order chi connectivity index (χ1) is 8.06. The Bertz CT molecular complexity index is 550. The predicted octanol–water partition coefficient (Wildman–Crippen LogP) is 3.06. The normalized spacial score (nSPS) is 10.3. The molecule has 1 amide bonds. The molecule has 2 aromatic heterocycles. The number of hydrogen-bond acceptors (Lipinski definition) is 4. The lowest BCUT2D eigenvalue weighted by Crippen LogP contribution is -2.12. The minimum Gasteiger partial charge on any atom is -0.306 e. The number of thiazole rings is 1. The molecule has 0 unspecified atom stereocenters. The van der Waals surface area contributed by atoms with Crippen LogP contribution in [0.4, 0.5) is 5.82 Å². The molecule has 2 aromatic rings. The van der Waals surface area contributed by atoms with E-state index in [1.807, 2.05) is 13.8 Å². The molecule has 0 aliphatic rings. The van der Waals surface area contributed by atoms with Crippen LogP contribution in [0.5, 0.6) is 0 Å². The van der Waals surface area contributed by atoms with Gasteiger partial charge in [-0.15, -0.1) is 11.3 Å². The Morgan fingerprint density at radius 1 is 1.41 bits per heavy atom. The van der Waals surface area contributed by atoms with E-state index in [1.54, 1.807) is 12.1 Å². The van der Waals surface area contributed by atoms with Gasteiger partial charge in [-0.3, -0.25) is 4.79 Å². The van der Waals surface area contributed by atoms with Crippen LogP contribution in [0.3, 0.4) is 0 Å². The van der Waals surface area contributed by atoms with Crippen LogP contribution >= 0.6 is 22.9 Å². The van der Waals surface area contributed by atoms with Gasteiger partial charge in [0.25, 0.3) is 5.91 Å². The molecule has 0 atom stereocenters. The van der Waals surface area contributed by atoms with Gasteiger partial charge >= 0.3 is 0 Å². The summed E-state index contributed by atoms with van der Waals surface area (Å²) < 4.78 is 0. The molecule has 4 nitrogen and oxygen atoms in total. The maximum Gasteiger partial charge on any atom is 0.268 e. The summed E-state index contributed by atoms with van der Waals surface area (Å²) in [4.78, 5) is 20.7. The molecule has 0 fully saturated rings. The summed E-state index contributed by atoms with van der Waals surface area (Å²) in [5, 5.41) is 4.11. The van der Waals surface area contributed by atoms with Crippen LogP contribution in [0, 0.1) is 13.8 Å². The number of rotatable bonds is 2. The third-order valence-corrected chi connectivity index (χ3v) is 3.37. The standard InChI is InChI=1S/C11H10ClN3OS/c1-6-10(17-7(2)14-6)11(16)15-9-4-3-8(12)5-13-9/h3-5H,1-2H3,(H,13,15,16). The van der Waals surface area contributed by atoms with E-state index in [0.29, 0.717) is 15.7 Å². The summed E-state index contributed by atoms with van der Waals surface area (Å²) >= 11 is 7.08. The van der Waals surface area contributed by atoms with Crippen LogP contribution in [0.25, 0.3) is 0 Å². The molecule has 1 N–H and O–H groups in total. The van der Waals surface area contributed by atoms with Crippen molar-refractivity contribution in [1.29, 1.82) is 0 Å². The monoisotopic (exact) mass is 267 g/mol. The maximum atomic E-state index is 11.9. The average Bonchev–Trinajstić information content (AvgIpc) is 2.61. The molecule has 0 saturated carbocycles. The Morgan fingerprint density at radius 3 is 2.71 bits per heavy atom. The van der Waals surface area contributed by atoms with E-state index in [4.69, 9.17) is 11.6 Å². The molecular weight excluding hydrogens is 258 g/mol. The number of carbonyl (C=O) groups excluding carboxylic acids is 1. The first kappa shape index (κ1) is 12.0. The van der Waals surface area contributed by atoms with Gasteiger partial charge in [-0.05, 0) is 26.0 Å². The van der Waals surface area contributed by atoms with Crippen molar-refractivity contribution >= 4 is 34.7 Å². The lowest BCUT2D eigenvalue weighted by molar-refractivity contribution is 0.102. The lowest BCUT2D eigenvalue weighted by atomic mass is 10.3. The Hall–Kier alpha value is -1.46. The highest BCUT2D eigenvalue weighted by atomic mass is 35.5. The molecule has 0 bridgehead atoms. The lowest BCUT2D eigenvalue weighted by Gasteiger charge is -2.02. The Labute approximate surface area is 108 Å². The van der Waals surface area contributed by atoms with Crippen molar-refractivity contribution in [2.24, 2.45) is 0 Å². The number of aromatic nitrogens is 2. The summed E-state index contributed by atoms with van der Waals surface area (Å²) in [5.74, 6) is 0.285. The van der Waals surface area contributed by atoms with Crippen LogP contribution in [-0.4, -0.2) is 15.9 Å². The fourth-order valence-electron chi connectivity index (χ4n) is 1.36. The molecule has 88 valence electrons. The molecule has 17 heavy (non-hydrogen) atoms. The fourth-order valence-corrected chi connectivity index (χ4v) is 2.29. The second-order valence-corrected chi connectivity index (χ2v) is 5.10. The van der Waals surface area contributed by atoms with Gasteiger partial charge < -0.3 is 5.32 Å². The zero-order valence-corrected chi connectivity index (χ0v) is 10.9. The highest BCUT2D eigenvalue weighted by Crippen LogP contribution is 2.18. The van der Waals surface area contributed by atoms with Crippen LogP contribution in [0.1, 0.15) is 20.4 Å². The summed E-state index contributed by atoms with van der Waals surface area (Å²) in [7, 11) is 0. The van der Waals surface area contributed by atoms with E-state index >= 15 is 0 Å². The number of anilines is 1. The molecule has 0 aliphatic heterocycles. The summed E-state index contributed by atoms with van der Waals surface area (Å²) in [6.45, 7) is 3.68. The maximum absolute atomic E-state index is 11.9. The van der Waals surface area contributed by atoms with Gasteiger partial charge in [-0.25, -0.2) is 9.97 Å². The van der Waals surface area contributed by atoms with Crippen molar-refractivity contribution in [2.45, 2.75) is 13.8 Å². The smallest absolute Gasteiger partial charge is 0.268 e. The number of pyridine rings is 1. The van der Waals surface area contributed by atoms with Gasteiger partial charge in [0, 0.05) is 6.20 Å². The molecule has 0 aliphatic carbocycles. The first-order valence-corrected chi connectivity index (χ1v) is 6.12. The molecule has 2 rings (SSSR count). The van der Waals surface area contributed by atoms with Crippen molar-refractivity contribution < 1.29 is 4.79 Å². The van der Waals surface area contributed by atoms with Gasteiger partial charge in [0.1, 0.15) is 10.7 Å². The van der Waals surface area contributed by atoms with Gasteiger partial charge in [-0.1, -0.05) is 11.6 Å². The van der Waals surface area contributed by atoms with Crippen molar-refractivity contribution in [3.63, 3.8) is 0 Å². The van der Waals surface area contributed by atoms with E-state index in [0.717, 1.165) is 10.7 Å². The highest BCUT2D eigenvalue weighted by molar-refractivity contribution is 7.13. The number of hydrogen-bond donors (Lipinski definition) is 1. The summed E-state index contributed by atoms with van der Waals surface area (Å²) in [5.41, 5.74) is 0.735. The molecular formula is C11H10ClN3OS. The van der Waals surface area contributed by atoms with Gasteiger partial charge in [0.2, 0.25) is 0 Å². The number of carbonyl (C=O) groups is 1. The van der Waals surface area contributed by atoms with Crippen molar-refractivity contribution in [3.05, 3.63) is 38.9 Å². The molecule has 0 aromatic carbocycles. The molecule has 0 radical (unpaired) electrons. The number of halogens is 1. The predicted molar refractivity (Wildman–Crippen MR) is 68.8 cm³/mol. The summed E-state index contributed by atoms with van der Waals surface area (Å²) in [6.07, 6.45) is 1.49. The number of amides is 1. The first-order valence-electron chi connectivity index (χ1n) is 4.93. The van der Waals surface area contributed by atoms with E-state index in [2.05, 4.69) is 15.3 Å². The van der Waals surface area contributed by atoms with E-state index in [-0.39, 0.29) is 5.91 Å². The van der Waals surface area contributed by atoms with Gasteiger partial charge in [-0.2, -0.15) is 0 Å². The van der Waals surface area contributed by atoms with Crippen LogP contribution in [-0.2, 0) is 0 Å².